The van der Waals surface area contributed by atoms with E-state index in [0.717, 1.165) is 29.9 Å². The van der Waals surface area contributed by atoms with Crippen LogP contribution < -0.4 is 24.8 Å². The lowest BCUT2D eigenvalue weighted by atomic mass is 10.1. The lowest BCUT2D eigenvalue weighted by Gasteiger charge is -2.13. The number of alkyl halides is 2. The van der Waals surface area contributed by atoms with Crippen molar-refractivity contribution in [3.63, 3.8) is 0 Å². The quantitative estimate of drug-likeness (QED) is 0.211. The van der Waals surface area contributed by atoms with Gasteiger partial charge in [-0.25, -0.2) is 4.99 Å². The van der Waals surface area contributed by atoms with Crippen LogP contribution in [0.25, 0.3) is 0 Å². The molecule has 0 saturated heterocycles. The predicted octanol–water partition coefficient (Wildman–Crippen LogP) is 3.93. The normalized spacial score (nSPS) is 12.6. The van der Waals surface area contributed by atoms with E-state index in [1.165, 1.54) is 6.07 Å². The zero-order valence-electron chi connectivity index (χ0n) is 17.7. The number of ether oxygens (including phenoxy) is 3. The van der Waals surface area contributed by atoms with E-state index < -0.39 is 6.61 Å². The van der Waals surface area contributed by atoms with Crippen molar-refractivity contribution in [1.29, 1.82) is 0 Å². The SMILES string of the molecule is CCNC(=NCc1cc2c(cc1OC(F)F)OCO2)NCCCc1c(C)noc1C.I. The fraction of sp³-hybridized carbons (Fsp3) is 0.500. The number of benzene rings is 1. The molecule has 1 aliphatic rings. The summed E-state index contributed by atoms with van der Waals surface area (Å²) in [7, 11) is 0. The number of hydrogen-bond acceptors (Lipinski definition) is 6. The minimum Gasteiger partial charge on any atom is -0.454 e. The summed E-state index contributed by atoms with van der Waals surface area (Å²) in [5.74, 6) is 2.30. The summed E-state index contributed by atoms with van der Waals surface area (Å²) in [6.07, 6.45) is 1.69. The van der Waals surface area contributed by atoms with Crippen molar-refractivity contribution >= 4 is 29.9 Å². The third-order valence-corrected chi connectivity index (χ3v) is 4.60. The first-order valence-electron chi connectivity index (χ1n) is 9.79. The van der Waals surface area contributed by atoms with Crippen molar-refractivity contribution in [2.24, 2.45) is 4.99 Å². The highest BCUT2D eigenvalue weighted by molar-refractivity contribution is 14.0. The molecule has 0 atom stereocenters. The number of rotatable bonds is 9. The van der Waals surface area contributed by atoms with Crippen LogP contribution in [0.15, 0.2) is 21.6 Å². The second kappa shape index (κ2) is 11.9. The molecule has 3 rings (SSSR count). The van der Waals surface area contributed by atoms with E-state index >= 15 is 0 Å². The van der Waals surface area contributed by atoms with Crippen LogP contribution in [0.5, 0.6) is 17.2 Å². The van der Waals surface area contributed by atoms with Crippen molar-refractivity contribution in [3.05, 3.63) is 34.7 Å². The zero-order valence-corrected chi connectivity index (χ0v) is 20.0. The molecular formula is C20H27F2IN4O4. The summed E-state index contributed by atoms with van der Waals surface area (Å²) in [5.41, 5.74) is 2.50. The van der Waals surface area contributed by atoms with E-state index in [1.807, 2.05) is 20.8 Å². The van der Waals surface area contributed by atoms with Crippen molar-refractivity contribution in [1.82, 2.24) is 15.8 Å². The maximum atomic E-state index is 12.8. The third-order valence-electron chi connectivity index (χ3n) is 4.60. The molecule has 2 heterocycles. The van der Waals surface area contributed by atoms with Gasteiger partial charge in [0.1, 0.15) is 11.5 Å². The van der Waals surface area contributed by atoms with Gasteiger partial charge in [0, 0.05) is 30.3 Å². The molecular weight excluding hydrogens is 525 g/mol. The molecule has 0 spiro atoms. The number of aryl methyl sites for hydroxylation is 2. The molecule has 31 heavy (non-hydrogen) atoms. The van der Waals surface area contributed by atoms with Gasteiger partial charge < -0.3 is 29.4 Å². The van der Waals surface area contributed by atoms with E-state index in [0.29, 0.717) is 36.1 Å². The molecule has 0 unspecified atom stereocenters. The number of nitrogens with zero attached hydrogens (tertiary/aromatic N) is 2. The molecule has 0 saturated carbocycles. The van der Waals surface area contributed by atoms with Crippen molar-refractivity contribution < 1.29 is 27.5 Å². The molecule has 8 nitrogen and oxygen atoms in total. The highest BCUT2D eigenvalue weighted by Crippen LogP contribution is 2.39. The Morgan fingerprint density at radius 3 is 2.61 bits per heavy atom. The third kappa shape index (κ3) is 6.84. The van der Waals surface area contributed by atoms with Gasteiger partial charge in [0.2, 0.25) is 6.79 Å². The van der Waals surface area contributed by atoms with Crippen LogP contribution in [0.2, 0.25) is 0 Å². The van der Waals surface area contributed by atoms with Crippen molar-refractivity contribution in [2.45, 2.75) is 46.8 Å². The lowest BCUT2D eigenvalue weighted by molar-refractivity contribution is -0.0505. The van der Waals surface area contributed by atoms with Gasteiger partial charge >= 0.3 is 6.61 Å². The molecule has 0 aliphatic carbocycles. The largest absolute Gasteiger partial charge is 0.454 e. The molecule has 0 bridgehead atoms. The minimum atomic E-state index is -2.94. The van der Waals surface area contributed by atoms with Crippen LogP contribution in [0.3, 0.4) is 0 Å². The van der Waals surface area contributed by atoms with E-state index in [-0.39, 0.29) is 43.1 Å². The van der Waals surface area contributed by atoms with Gasteiger partial charge in [-0.2, -0.15) is 8.78 Å². The summed E-state index contributed by atoms with van der Waals surface area (Å²) in [6.45, 7) is 4.36. The maximum Gasteiger partial charge on any atom is 0.387 e. The average Bonchev–Trinajstić information content (AvgIpc) is 3.28. The molecule has 1 aliphatic heterocycles. The number of hydrogen-bond donors (Lipinski definition) is 2. The molecule has 0 radical (unpaired) electrons. The Balaban J connectivity index is 0.00000341. The second-order valence-corrected chi connectivity index (χ2v) is 6.72. The first-order valence-corrected chi connectivity index (χ1v) is 9.79. The molecule has 11 heteroatoms. The minimum absolute atomic E-state index is 0. The highest BCUT2D eigenvalue weighted by Gasteiger charge is 2.20. The number of nitrogens with one attached hydrogen (secondary N) is 2. The van der Waals surface area contributed by atoms with E-state index in [4.69, 9.17) is 14.0 Å². The number of aliphatic imine (C=N–C) groups is 1. The fourth-order valence-electron chi connectivity index (χ4n) is 3.13. The van der Waals surface area contributed by atoms with Gasteiger partial charge in [0.05, 0.1) is 12.2 Å². The molecule has 0 amide bonds. The molecule has 1 aromatic carbocycles. The summed E-state index contributed by atoms with van der Waals surface area (Å²) in [6, 6.07) is 3.02. The first kappa shape index (κ1) is 25.0. The monoisotopic (exact) mass is 552 g/mol. The summed E-state index contributed by atoms with van der Waals surface area (Å²) >= 11 is 0. The standard InChI is InChI=1S/C20H26F2N4O4.HI/c1-4-23-20(24-7-5-6-15-12(2)26-30-13(15)3)25-10-14-8-17-18(28-11-27-17)9-16(14)29-19(21)22;/h8-9,19H,4-7,10-11H2,1-3H3,(H2,23,24,25);1H. The Morgan fingerprint density at radius 1 is 1.23 bits per heavy atom. The highest BCUT2D eigenvalue weighted by atomic mass is 127. The van der Waals surface area contributed by atoms with Crippen LogP contribution in [-0.2, 0) is 13.0 Å². The summed E-state index contributed by atoms with van der Waals surface area (Å²) in [4.78, 5) is 4.49. The molecule has 172 valence electrons. The Labute approximate surface area is 196 Å². The van der Waals surface area contributed by atoms with Gasteiger partial charge in [0.15, 0.2) is 17.5 Å². The van der Waals surface area contributed by atoms with Crippen LogP contribution in [0.4, 0.5) is 8.78 Å². The average molecular weight is 552 g/mol. The van der Waals surface area contributed by atoms with Crippen LogP contribution in [-0.4, -0.2) is 37.6 Å². The fourth-order valence-corrected chi connectivity index (χ4v) is 3.13. The zero-order chi connectivity index (χ0) is 21.5. The number of fused-ring (bicyclic) bond motifs is 1. The predicted molar refractivity (Wildman–Crippen MR) is 122 cm³/mol. The number of aromatic nitrogens is 1. The Kier molecular flexibility index (Phi) is 9.59. The first-order chi connectivity index (χ1) is 14.5. The Bertz CT molecular complexity index is 873. The molecule has 2 N–H and O–H groups in total. The second-order valence-electron chi connectivity index (χ2n) is 6.72. The smallest absolute Gasteiger partial charge is 0.387 e. The van der Waals surface area contributed by atoms with Crippen LogP contribution in [0, 0.1) is 13.8 Å². The topological polar surface area (TPSA) is 90.1 Å². The van der Waals surface area contributed by atoms with Crippen LogP contribution in [0.1, 0.15) is 35.9 Å². The molecule has 2 aromatic rings. The summed E-state index contributed by atoms with van der Waals surface area (Å²) < 4.78 is 45.9. The maximum absolute atomic E-state index is 12.8. The molecule has 0 fully saturated rings. The lowest BCUT2D eigenvalue weighted by Crippen LogP contribution is -2.37. The van der Waals surface area contributed by atoms with Gasteiger partial charge in [0.25, 0.3) is 0 Å². The van der Waals surface area contributed by atoms with Crippen molar-refractivity contribution in [3.8, 4) is 17.2 Å². The van der Waals surface area contributed by atoms with E-state index in [1.54, 1.807) is 6.07 Å². The van der Waals surface area contributed by atoms with Gasteiger partial charge in [-0.05, 0) is 39.7 Å². The van der Waals surface area contributed by atoms with E-state index in [9.17, 15) is 8.78 Å². The van der Waals surface area contributed by atoms with Gasteiger partial charge in [-0.1, -0.05) is 5.16 Å². The number of guanidine groups is 1. The van der Waals surface area contributed by atoms with Crippen LogP contribution >= 0.6 is 24.0 Å². The molecule has 1 aromatic heterocycles. The Morgan fingerprint density at radius 2 is 1.97 bits per heavy atom. The van der Waals surface area contributed by atoms with E-state index in [2.05, 4.69) is 25.5 Å². The van der Waals surface area contributed by atoms with Gasteiger partial charge in [-0.3, -0.25) is 0 Å². The summed E-state index contributed by atoms with van der Waals surface area (Å²) in [5, 5.41) is 10.4. The number of halogens is 3. The Hall–Kier alpha value is -2.31. The van der Waals surface area contributed by atoms with Crippen molar-refractivity contribution in [2.75, 3.05) is 19.9 Å². The van der Waals surface area contributed by atoms with Gasteiger partial charge in [-0.15, -0.1) is 24.0 Å².